The predicted molar refractivity (Wildman–Crippen MR) is 93.0 cm³/mol. The third-order valence-electron chi connectivity index (χ3n) is 4.78. The maximum absolute atomic E-state index is 10.2. The minimum Gasteiger partial charge on any atom is -0.491 e. The molecule has 1 N–H and O–H groups in total. The molecule has 1 heterocycles. The Labute approximate surface area is 140 Å². The van der Waals surface area contributed by atoms with Crippen LogP contribution in [-0.2, 0) is 0 Å². The standard InChI is InChI=1S/C19H30N2O2/c1-15-9-16(2)11-19(10-15)23-14-18(22)13-21-7-5-20(6-8-21)12-17-3-4-17/h9-11,17-18,22H,3-8,12-14H2,1-2H3. The lowest BCUT2D eigenvalue weighted by atomic mass is 10.1. The van der Waals surface area contributed by atoms with Crippen LogP contribution in [0.25, 0.3) is 0 Å². The highest BCUT2D eigenvalue weighted by Gasteiger charge is 2.26. The van der Waals surface area contributed by atoms with Gasteiger partial charge in [-0.05, 0) is 55.9 Å². The SMILES string of the molecule is Cc1cc(C)cc(OCC(O)CN2CCN(CC3CC3)CC2)c1. The first kappa shape index (κ1) is 16.7. The second-order valence-electron chi connectivity index (χ2n) is 7.33. The lowest BCUT2D eigenvalue weighted by Crippen LogP contribution is -2.49. The molecule has 1 unspecified atom stereocenters. The first-order valence-corrected chi connectivity index (χ1v) is 8.92. The summed E-state index contributed by atoms with van der Waals surface area (Å²) in [5, 5.41) is 10.2. The summed E-state index contributed by atoms with van der Waals surface area (Å²) in [6.45, 7) is 10.9. The van der Waals surface area contributed by atoms with Gasteiger partial charge in [-0.15, -0.1) is 0 Å². The molecule has 2 fully saturated rings. The Bertz CT molecular complexity index is 488. The van der Waals surface area contributed by atoms with Gasteiger partial charge in [0.2, 0.25) is 0 Å². The van der Waals surface area contributed by atoms with E-state index in [9.17, 15) is 5.11 Å². The number of benzene rings is 1. The van der Waals surface area contributed by atoms with Crippen molar-refractivity contribution in [2.45, 2.75) is 32.8 Å². The van der Waals surface area contributed by atoms with E-state index in [2.05, 4.69) is 29.7 Å². The topological polar surface area (TPSA) is 35.9 Å². The van der Waals surface area contributed by atoms with Crippen molar-refractivity contribution in [3.63, 3.8) is 0 Å². The summed E-state index contributed by atoms with van der Waals surface area (Å²) >= 11 is 0. The molecule has 128 valence electrons. The zero-order valence-corrected chi connectivity index (χ0v) is 14.5. The van der Waals surface area contributed by atoms with Crippen molar-refractivity contribution in [2.75, 3.05) is 45.9 Å². The number of aliphatic hydroxyl groups excluding tert-OH is 1. The number of piperazine rings is 1. The van der Waals surface area contributed by atoms with Gasteiger partial charge in [-0.3, -0.25) is 4.90 Å². The van der Waals surface area contributed by atoms with Crippen LogP contribution in [0.15, 0.2) is 18.2 Å². The second-order valence-corrected chi connectivity index (χ2v) is 7.33. The lowest BCUT2D eigenvalue weighted by Gasteiger charge is -2.35. The van der Waals surface area contributed by atoms with Crippen molar-refractivity contribution in [1.29, 1.82) is 0 Å². The lowest BCUT2D eigenvalue weighted by molar-refractivity contribution is 0.0452. The Kier molecular flexibility index (Phi) is 5.57. The van der Waals surface area contributed by atoms with E-state index < -0.39 is 6.10 Å². The van der Waals surface area contributed by atoms with Crippen molar-refractivity contribution in [1.82, 2.24) is 9.80 Å². The van der Waals surface area contributed by atoms with E-state index >= 15 is 0 Å². The fourth-order valence-electron chi connectivity index (χ4n) is 3.38. The molecule has 0 aromatic heterocycles. The molecule has 1 saturated carbocycles. The minimum absolute atomic E-state index is 0.366. The summed E-state index contributed by atoms with van der Waals surface area (Å²) in [4.78, 5) is 4.94. The molecule has 4 heteroatoms. The van der Waals surface area contributed by atoms with Crippen molar-refractivity contribution in [2.24, 2.45) is 5.92 Å². The summed E-state index contributed by atoms with van der Waals surface area (Å²) < 4.78 is 5.77. The van der Waals surface area contributed by atoms with Crippen LogP contribution in [0, 0.1) is 19.8 Å². The predicted octanol–water partition coefficient (Wildman–Crippen LogP) is 2.07. The minimum atomic E-state index is -0.425. The van der Waals surface area contributed by atoms with Gasteiger partial charge in [0, 0.05) is 39.3 Å². The molecule has 0 radical (unpaired) electrons. The van der Waals surface area contributed by atoms with Gasteiger partial charge in [-0.25, -0.2) is 0 Å². The normalized spacial score (nSPS) is 21.3. The van der Waals surface area contributed by atoms with E-state index in [1.165, 1.54) is 30.5 Å². The highest BCUT2D eigenvalue weighted by atomic mass is 16.5. The number of rotatable bonds is 7. The van der Waals surface area contributed by atoms with Gasteiger partial charge in [-0.2, -0.15) is 0 Å². The average Bonchev–Trinajstić information content (AvgIpc) is 3.30. The van der Waals surface area contributed by atoms with Gasteiger partial charge in [-0.1, -0.05) is 6.07 Å². The van der Waals surface area contributed by atoms with E-state index in [4.69, 9.17) is 4.74 Å². The van der Waals surface area contributed by atoms with Gasteiger partial charge < -0.3 is 14.7 Å². The van der Waals surface area contributed by atoms with Crippen LogP contribution >= 0.6 is 0 Å². The fourth-order valence-corrected chi connectivity index (χ4v) is 3.38. The molecule has 4 nitrogen and oxygen atoms in total. The largest absolute Gasteiger partial charge is 0.491 e. The van der Waals surface area contributed by atoms with Crippen LogP contribution in [0.5, 0.6) is 5.75 Å². The molecule has 1 aliphatic carbocycles. The van der Waals surface area contributed by atoms with Crippen LogP contribution in [0.3, 0.4) is 0 Å². The van der Waals surface area contributed by atoms with E-state index in [1.807, 2.05) is 12.1 Å². The number of hydrogen-bond acceptors (Lipinski definition) is 4. The Morgan fingerprint density at radius 3 is 2.26 bits per heavy atom. The van der Waals surface area contributed by atoms with Gasteiger partial charge in [0.25, 0.3) is 0 Å². The second kappa shape index (κ2) is 7.65. The molecular formula is C19H30N2O2. The molecule has 0 amide bonds. The number of β-amino-alcohol motifs (C(OH)–C–C–N with tert-alkyl or cyclic N) is 1. The zero-order chi connectivity index (χ0) is 16.2. The highest BCUT2D eigenvalue weighted by molar-refractivity contribution is 5.32. The van der Waals surface area contributed by atoms with Crippen LogP contribution < -0.4 is 4.74 Å². The quantitative estimate of drug-likeness (QED) is 0.835. The Balaban J connectivity index is 1.36. The maximum Gasteiger partial charge on any atom is 0.119 e. The number of nitrogens with zero attached hydrogens (tertiary/aromatic N) is 2. The summed E-state index contributed by atoms with van der Waals surface area (Å²) in [7, 11) is 0. The van der Waals surface area contributed by atoms with Gasteiger partial charge >= 0.3 is 0 Å². The van der Waals surface area contributed by atoms with E-state index in [-0.39, 0.29) is 0 Å². The number of aliphatic hydroxyl groups is 1. The highest BCUT2D eigenvalue weighted by Crippen LogP contribution is 2.29. The summed E-state index contributed by atoms with van der Waals surface area (Å²) in [5.41, 5.74) is 2.39. The molecule has 1 aromatic carbocycles. The van der Waals surface area contributed by atoms with Crippen LogP contribution in [0.2, 0.25) is 0 Å². The van der Waals surface area contributed by atoms with Crippen molar-refractivity contribution >= 4 is 0 Å². The summed E-state index contributed by atoms with van der Waals surface area (Å²) in [6, 6.07) is 6.18. The summed E-state index contributed by atoms with van der Waals surface area (Å²) in [6.07, 6.45) is 2.43. The van der Waals surface area contributed by atoms with Gasteiger partial charge in [0.1, 0.15) is 18.5 Å². The first-order chi connectivity index (χ1) is 11.1. The molecular weight excluding hydrogens is 288 g/mol. The molecule has 0 spiro atoms. The zero-order valence-electron chi connectivity index (χ0n) is 14.5. The molecule has 3 rings (SSSR count). The molecule has 23 heavy (non-hydrogen) atoms. The van der Waals surface area contributed by atoms with E-state index in [0.29, 0.717) is 13.2 Å². The van der Waals surface area contributed by atoms with Crippen molar-refractivity contribution < 1.29 is 9.84 Å². The monoisotopic (exact) mass is 318 g/mol. The number of hydrogen-bond donors (Lipinski definition) is 1. The van der Waals surface area contributed by atoms with Crippen LogP contribution in [-0.4, -0.2) is 66.9 Å². The van der Waals surface area contributed by atoms with E-state index in [0.717, 1.165) is 37.8 Å². The third kappa shape index (κ3) is 5.48. The molecule has 1 aliphatic heterocycles. The molecule has 0 bridgehead atoms. The molecule has 1 atom stereocenters. The smallest absolute Gasteiger partial charge is 0.119 e. The third-order valence-corrected chi connectivity index (χ3v) is 4.78. The van der Waals surface area contributed by atoms with Crippen LogP contribution in [0.4, 0.5) is 0 Å². The Hall–Kier alpha value is -1.10. The van der Waals surface area contributed by atoms with Crippen molar-refractivity contribution in [3.05, 3.63) is 29.3 Å². The molecule has 1 saturated heterocycles. The van der Waals surface area contributed by atoms with Crippen molar-refractivity contribution in [3.8, 4) is 5.75 Å². The first-order valence-electron chi connectivity index (χ1n) is 8.92. The van der Waals surface area contributed by atoms with Gasteiger partial charge in [0.05, 0.1) is 0 Å². The average molecular weight is 318 g/mol. The molecule has 1 aromatic rings. The summed E-state index contributed by atoms with van der Waals surface area (Å²) in [5.74, 6) is 1.83. The fraction of sp³-hybridized carbons (Fsp3) is 0.684. The molecule has 2 aliphatic rings. The Morgan fingerprint density at radius 1 is 1.04 bits per heavy atom. The number of ether oxygens (including phenoxy) is 1. The maximum atomic E-state index is 10.2. The van der Waals surface area contributed by atoms with E-state index in [1.54, 1.807) is 0 Å². The number of aryl methyl sites for hydroxylation is 2. The van der Waals surface area contributed by atoms with Crippen LogP contribution in [0.1, 0.15) is 24.0 Å². The van der Waals surface area contributed by atoms with Gasteiger partial charge in [0.15, 0.2) is 0 Å². The Morgan fingerprint density at radius 2 is 1.65 bits per heavy atom.